The Morgan fingerprint density at radius 1 is 1.21 bits per heavy atom. The summed E-state index contributed by atoms with van der Waals surface area (Å²) in [6.07, 6.45) is 0. The van der Waals surface area contributed by atoms with Crippen molar-refractivity contribution in [3.05, 3.63) is 22.8 Å². The SMILES string of the molecule is CN=C(C)c1cc(C)c(C)c(N)c1N. The molecule has 0 bridgehead atoms. The third-order valence-electron chi connectivity index (χ3n) is 2.66. The van der Waals surface area contributed by atoms with E-state index in [4.69, 9.17) is 11.5 Å². The molecule has 76 valence electrons. The van der Waals surface area contributed by atoms with Crippen LogP contribution in [0.4, 0.5) is 11.4 Å². The molecule has 3 heteroatoms. The quantitative estimate of drug-likeness (QED) is 0.526. The number of nitrogens with two attached hydrogens (primary N) is 2. The maximum atomic E-state index is 5.92. The van der Waals surface area contributed by atoms with Crippen molar-refractivity contribution in [3.8, 4) is 0 Å². The van der Waals surface area contributed by atoms with Crippen molar-refractivity contribution in [1.82, 2.24) is 0 Å². The highest BCUT2D eigenvalue weighted by atomic mass is 14.7. The molecule has 0 saturated heterocycles. The van der Waals surface area contributed by atoms with Gasteiger partial charge in [-0.05, 0) is 38.0 Å². The monoisotopic (exact) mass is 191 g/mol. The molecule has 3 nitrogen and oxygen atoms in total. The Morgan fingerprint density at radius 3 is 2.29 bits per heavy atom. The number of anilines is 2. The lowest BCUT2D eigenvalue weighted by molar-refractivity contribution is 1.33. The molecule has 1 aromatic rings. The van der Waals surface area contributed by atoms with E-state index in [0.717, 1.165) is 22.4 Å². The van der Waals surface area contributed by atoms with Gasteiger partial charge in [0.25, 0.3) is 0 Å². The van der Waals surface area contributed by atoms with Crippen LogP contribution in [0.3, 0.4) is 0 Å². The molecule has 0 heterocycles. The molecule has 1 aromatic carbocycles. The normalized spacial score (nSPS) is 11.9. The third-order valence-corrected chi connectivity index (χ3v) is 2.66. The maximum Gasteiger partial charge on any atom is 0.0642 e. The Hall–Kier alpha value is -1.51. The van der Waals surface area contributed by atoms with Gasteiger partial charge < -0.3 is 11.5 Å². The summed E-state index contributed by atoms with van der Waals surface area (Å²) in [6.45, 7) is 5.93. The van der Waals surface area contributed by atoms with Gasteiger partial charge in [0, 0.05) is 18.3 Å². The van der Waals surface area contributed by atoms with Gasteiger partial charge in [-0.2, -0.15) is 0 Å². The zero-order valence-electron chi connectivity index (χ0n) is 9.18. The van der Waals surface area contributed by atoms with Gasteiger partial charge in [-0.25, -0.2) is 0 Å². The van der Waals surface area contributed by atoms with Crippen molar-refractivity contribution >= 4 is 17.1 Å². The number of hydrogen-bond acceptors (Lipinski definition) is 3. The minimum atomic E-state index is 0.635. The van der Waals surface area contributed by atoms with E-state index in [2.05, 4.69) is 4.99 Å². The molecule has 0 saturated carbocycles. The van der Waals surface area contributed by atoms with Crippen molar-refractivity contribution in [2.45, 2.75) is 20.8 Å². The highest BCUT2D eigenvalue weighted by molar-refractivity contribution is 6.05. The number of rotatable bonds is 1. The minimum absolute atomic E-state index is 0.635. The van der Waals surface area contributed by atoms with Crippen LogP contribution in [0, 0.1) is 13.8 Å². The number of aliphatic imine (C=N–C) groups is 1. The van der Waals surface area contributed by atoms with Crippen LogP contribution in [0.1, 0.15) is 23.6 Å². The van der Waals surface area contributed by atoms with Crippen LogP contribution < -0.4 is 11.5 Å². The Labute approximate surface area is 84.8 Å². The summed E-state index contributed by atoms with van der Waals surface area (Å²) >= 11 is 0. The molecule has 0 aliphatic rings. The molecular formula is C11H17N3. The van der Waals surface area contributed by atoms with E-state index in [9.17, 15) is 0 Å². The molecule has 0 fully saturated rings. The van der Waals surface area contributed by atoms with Crippen LogP contribution in [0.2, 0.25) is 0 Å². The number of hydrogen-bond donors (Lipinski definition) is 2. The Kier molecular flexibility index (Phi) is 2.79. The fourth-order valence-electron chi connectivity index (χ4n) is 1.38. The van der Waals surface area contributed by atoms with Gasteiger partial charge in [0.05, 0.1) is 11.4 Å². The molecule has 1 rings (SSSR count). The molecule has 0 amide bonds. The molecule has 0 aliphatic heterocycles. The molecule has 0 aliphatic carbocycles. The predicted molar refractivity (Wildman–Crippen MR) is 62.9 cm³/mol. The summed E-state index contributed by atoms with van der Waals surface area (Å²) in [6, 6.07) is 2.03. The molecule has 0 radical (unpaired) electrons. The fourth-order valence-corrected chi connectivity index (χ4v) is 1.38. The van der Waals surface area contributed by atoms with E-state index < -0.39 is 0 Å². The molecular weight excluding hydrogens is 174 g/mol. The first-order valence-electron chi connectivity index (χ1n) is 4.58. The number of benzene rings is 1. The lowest BCUT2D eigenvalue weighted by Crippen LogP contribution is -2.07. The maximum absolute atomic E-state index is 5.92. The van der Waals surface area contributed by atoms with Crippen molar-refractivity contribution < 1.29 is 0 Å². The van der Waals surface area contributed by atoms with E-state index in [1.54, 1.807) is 7.05 Å². The first kappa shape index (κ1) is 10.6. The minimum Gasteiger partial charge on any atom is -0.397 e. The van der Waals surface area contributed by atoms with Gasteiger partial charge in [0.1, 0.15) is 0 Å². The lowest BCUT2D eigenvalue weighted by atomic mass is 9.99. The second-order valence-corrected chi connectivity index (χ2v) is 3.50. The fraction of sp³-hybridized carbons (Fsp3) is 0.364. The highest BCUT2D eigenvalue weighted by Crippen LogP contribution is 2.27. The molecule has 0 atom stereocenters. The van der Waals surface area contributed by atoms with E-state index in [0.29, 0.717) is 11.4 Å². The topological polar surface area (TPSA) is 64.4 Å². The van der Waals surface area contributed by atoms with E-state index in [1.165, 1.54) is 0 Å². The smallest absolute Gasteiger partial charge is 0.0642 e. The van der Waals surface area contributed by atoms with E-state index in [-0.39, 0.29) is 0 Å². The summed E-state index contributed by atoms with van der Waals surface area (Å²) in [7, 11) is 1.75. The van der Waals surface area contributed by atoms with Gasteiger partial charge in [-0.1, -0.05) is 0 Å². The van der Waals surface area contributed by atoms with E-state index >= 15 is 0 Å². The molecule has 14 heavy (non-hydrogen) atoms. The average Bonchev–Trinajstić information content (AvgIpc) is 2.19. The number of nitrogens with zero attached hydrogens (tertiary/aromatic N) is 1. The van der Waals surface area contributed by atoms with Crippen molar-refractivity contribution in [2.24, 2.45) is 4.99 Å². The van der Waals surface area contributed by atoms with Crippen LogP contribution in [-0.2, 0) is 0 Å². The van der Waals surface area contributed by atoms with Gasteiger partial charge in [0.15, 0.2) is 0 Å². The molecule has 0 aromatic heterocycles. The Balaban J connectivity index is 3.48. The zero-order chi connectivity index (χ0) is 10.9. The summed E-state index contributed by atoms with van der Waals surface area (Å²) in [5.74, 6) is 0. The van der Waals surface area contributed by atoms with E-state index in [1.807, 2.05) is 26.8 Å². The van der Waals surface area contributed by atoms with Crippen molar-refractivity contribution in [2.75, 3.05) is 18.5 Å². The summed E-state index contributed by atoms with van der Waals surface area (Å²) in [5, 5.41) is 0. The Morgan fingerprint density at radius 2 is 1.79 bits per heavy atom. The van der Waals surface area contributed by atoms with Gasteiger partial charge in [0.2, 0.25) is 0 Å². The lowest BCUT2D eigenvalue weighted by Gasteiger charge is -2.12. The standard InChI is InChI=1S/C11H17N3/c1-6-5-9(8(3)14-4)11(13)10(12)7(6)2/h5H,12-13H2,1-4H3. The number of nitrogen functional groups attached to an aromatic ring is 2. The average molecular weight is 191 g/mol. The van der Waals surface area contributed by atoms with Crippen LogP contribution in [0.5, 0.6) is 0 Å². The van der Waals surface area contributed by atoms with Crippen molar-refractivity contribution in [3.63, 3.8) is 0 Å². The van der Waals surface area contributed by atoms with Crippen LogP contribution in [-0.4, -0.2) is 12.8 Å². The zero-order valence-corrected chi connectivity index (χ0v) is 9.18. The van der Waals surface area contributed by atoms with Crippen LogP contribution in [0.15, 0.2) is 11.1 Å². The van der Waals surface area contributed by atoms with Gasteiger partial charge in [-0.3, -0.25) is 4.99 Å². The second-order valence-electron chi connectivity index (χ2n) is 3.50. The molecule has 4 N–H and O–H groups in total. The van der Waals surface area contributed by atoms with Gasteiger partial charge >= 0.3 is 0 Å². The first-order chi connectivity index (χ1) is 6.49. The molecule has 0 unspecified atom stereocenters. The largest absolute Gasteiger partial charge is 0.397 e. The van der Waals surface area contributed by atoms with Crippen LogP contribution in [0.25, 0.3) is 0 Å². The summed E-state index contributed by atoms with van der Waals surface area (Å²) in [4.78, 5) is 4.11. The molecule has 0 spiro atoms. The third kappa shape index (κ3) is 1.58. The Bertz CT molecular complexity index is 392. The first-order valence-corrected chi connectivity index (χ1v) is 4.58. The predicted octanol–water partition coefficient (Wildman–Crippen LogP) is 1.91. The second kappa shape index (κ2) is 3.70. The summed E-state index contributed by atoms with van der Waals surface area (Å²) in [5.41, 5.74) is 17.2. The summed E-state index contributed by atoms with van der Waals surface area (Å²) < 4.78 is 0. The highest BCUT2D eigenvalue weighted by Gasteiger charge is 2.09. The van der Waals surface area contributed by atoms with Gasteiger partial charge in [-0.15, -0.1) is 0 Å². The van der Waals surface area contributed by atoms with Crippen molar-refractivity contribution in [1.29, 1.82) is 0 Å². The van der Waals surface area contributed by atoms with Crippen LogP contribution >= 0.6 is 0 Å². The number of aryl methyl sites for hydroxylation is 1.